The first kappa shape index (κ1) is 17.9. The SMILES string of the molecule is CCN(CC)S(=O)(=O)c1cc(N=NN2CCCCC2)ccc1C. The van der Waals surface area contributed by atoms with Crippen molar-refractivity contribution in [2.75, 3.05) is 26.2 Å². The first-order valence-electron chi connectivity index (χ1n) is 8.26. The Hall–Kier alpha value is -1.47. The van der Waals surface area contributed by atoms with E-state index in [0.29, 0.717) is 23.7 Å². The Kier molecular flexibility index (Phi) is 6.12. The third-order valence-corrected chi connectivity index (χ3v) is 6.31. The zero-order valence-corrected chi connectivity index (χ0v) is 15.0. The van der Waals surface area contributed by atoms with Gasteiger partial charge in [0.25, 0.3) is 0 Å². The van der Waals surface area contributed by atoms with Crippen LogP contribution in [0.25, 0.3) is 0 Å². The quantitative estimate of drug-likeness (QED) is 0.746. The van der Waals surface area contributed by atoms with E-state index < -0.39 is 10.0 Å². The van der Waals surface area contributed by atoms with Gasteiger partial charge in [-0.2, -0.15) is 4.31 Å². The summed E-state index contributed by atoms with van der Waals surface area (Å²) in [5, 5.41) is 10.4. The molecule has 1 aromatic carbocycles. The molecule has 1 aromatic rings. The highest BCUT2D eigenvalue weighted by Gasteiger charge is 2.23. The maximum absolute atomic E-state index is 12.7. The molecule has 2 rings (SSSR count). The molecule has 1 aliphatic heterocycles. The molecule has 0 saturated carbocycles. The summed E-state index contributed by atoms with van der Waals surface area (Å²) >= 11 is 0. The summed E-state index contributed by atoms with van der Waals surface area (Å²) in [6, 6.07) is 5.22. The van der Waals surface area contributed by atoms with E-state index >= 15 is 0 Å². The summed E-state index contributed by atoms with van der Waals surface area (Å²) < 4.78 is 26.9. The normalized spacial score (nSPS) is 16.4. The van der Waals surface area contributed by atoms with Crippen molar-refractivity contribution in [1.29, 1.82) is 0 Å². The Bertz CT molecular complexity index is 648. The van der Waals surface area contributed by atoms with E-state index in [9.17, 15) is 8.42 Å². The molecule has 1 heterocycles. The number of piperidine rings is 1. The molecule has 1 fully saturated rings. The van der Waals surface area contributed by atoms with Gasteiger partial charge < -0.3 is 0 Å². The van der Waals surface area contributed by atoms with Gasteiger partial charge in [-0.05, 0) is 43.9 Å². The van der Waals surface area contributed by atoms with Crippen molar-refractivity contribution < 1.29 is 8.42 Å². The number of aryl methyl sites for hydroxylation is 1. The van der Waals surface area contributed by atoms with Crippen molar-refractivity contribution in [1.82, 2.24) is 9.31 Å². The zero-order chi connectivity index (χ0) is 16.9. The highest BCUT2D eigenvalue weighted by atomic mass is 32.2. The van der Waals surface area contributed by atoms with Crippen molar-refractivity contribution in [3.05, 3.63) is 23.8 Å². The average Bonchev–Trinajstić information content (AvgIpc) is 2.55. The zero-order valence-electron chi connectivity index (χ0n) is 14.2. The minimum Gasteiger partial charge on any atom is -0.278 e. The topological polar surface area (TPSA) is 65.3 Å². The molecule has 1 aliphatic rings. The number of rotatable bonds is 6. The molecule has 0 amide bonds. The molecular formula is C16H26N4O2S. The Balaban J connectivity index is 2.26. The summed E-state index contributed by atoms with van der Waals surface area (Å²) in [4.78, 5) is 0.316. The molecule has 0 bridgehead atoms. The Morgan fingerprint density at radius 2 is 1.78 bits per heavy atom. The number of hydrogen-bond acceptors (Lipinski definition) is 4. The molecule has 0 aliphatic carbocycles. The third kappa shape index (κ3) is 4.29. The lowest BCUT2D eigenvalue weighted by molar-refractivity contribution is 0.224. The fourth-order valence-corrected chi connectivity index (χ4v) is 4.42. The number of nitrogens with zero attached hydrogens (tertiary/aromatic N) is 4. The molecule has 0 spiro atoms. The molecule has 0 radical (unpaired) electrons. The molecule has 7 heteroatoms. The van der Waals surface area contributed by atoms with Crippen molar-refractivity contribution in [3.8, 4) is 0 Å². The Morgan fingerprint density at radius 3 is 2.39 bits per heavy atom. The second-order valence-corrected chi connectivity index (χ2v) is 7.65. The van der Waals surface area contributed by atoms with Crippen LogP contribution < -0.4 is 0 Å². The Labute approximate surface area is 139 Å². The molecule has 0 unspecified atom stereocenters. The van der Waals surface area contributed by atoms with Gasteiger partial charge in [0.1, 0.15) is 0 Å². The second-order valence-electron chi connectivity index (χ2n) is 5.74. The molecule has 1 saturated heterocycles. The summed E-state index contributed by atoms with van der Waals surface area (Å²) in [6.07, 6.45) is 3.51. The van der Waals surface area contributed by atoms with Crippen LogP contribution in [0.4, 0.5) is 5.69 Å². The minimum atomic E-state index is -3.48. The van der Waals surface area contributed by atoms with Crippen LogP contribution in [0.1, 0.15) is 38.7 Å². The smallest absolute Gasteiger partial charge is 0.243 e. The van der Waals surface area contributed by atoms with Gasteiger partial charge in [0.2, 0.25) is 10.0 Å². The van der Waals surface area contributed by atoms with Gasteiger partial charge in [0.15, 0.2) is 0 Å². The van der Waals surface area contributed by atoms with E-state index in [1.165, 1.54) is 10.7 Å². The van der Waals surface area contributed by atoms with Crippen molar-refractivity contribution in [3.63, 3.8) is 0 Å². The van der Waals surface area contributed by atoms with Gasteiger partial charge in [-0.1, -0.05) is 25.1 Å². The number of sulfonamides is 1. The fourth-order valence-electron chi connectivity index (χ4n) is 2.71. The average molecular weight is 338 g/mol. The molecule has 0 atom stereocenters. The summed E-state index contributed by atoms with van der Waals surface area (Å²) in [6.45, 7) is 8.24. The van der Waals surface area contributed by atoms with Gasteiger partial charge in [-0.25, -0.2) is 8.42 Å². The maximum Gasteiger partial charge on any atom is 0.243 e. The maximum atomic E-state index is 12.7. The summed E-state index contributed by atoms with van der Waals surface area (Å²) in [5.41, 5.74) is 1.31. The van der Waals surface area contributed by atoms with Gasteiger partial charge in [0.05, 0.1) is 10.6 Å². The first-order chi connectivity index (χ1) is 11.0. The monoisotopic (exact) mass is 338 g/mol. The molecule has 128 valence electrons. The van der Waals surface area contributed by atoms with E-state index in [1.807, 2.05) is 31.8 Å². The molecule has 23 heavy (non-hydrogen) atoms. The predicted molar refractivity (Wildman–Crippen MR) is 91.2 cm³/mol. The highest BCUT2D eigenvalue weighted by Crippen LogP contribution is 2.25. The molecule has 6 nitrogen and oxygen atoms in total. The van der Waals surface area contributed by atoms with Crippen LogP contribution in [0.15, 0.2) is 33.4 Å². The van der Waals surface area contributed by atoms with Gasteiger partial charge in [-0.15, -0.1) is 5.11 Å². The van der Waals surface area contributed by atoms with E-state index in [-0.39, 0.29) is 0 Å². The van der Waals surface area contributed by atoms with Crippen LogP contribution in [-0.2, 0) is 10.0 Å². The lowest BCUT2D eigenvalue weighted by Crippen LogP contribution is -2.31. The minimum absolute atomic E-state index is 0.316. The number of benzene rings is 1. The van der Waals surface area contributed by atoms with Crippen LogP contribution in [0.5, 0.6) is 0 Å². The highest BCUT2D eigenvalue weighted by molar-refractivity contribution is 7.89. The Morgan fingerprint density at radius 1 is 1.13 bits per heavy atom. The van der Waals surface area contributed by atoms with E-state index in [0.717, 1.165) is 31.5 Å². The van der Waals surface area contributed by atoms with Gasteiger partial charge in [-0.3, -0.25) is 5.01 Å². The van der Waals surface area contributed by atoms with Crippen LogP contribution in [0.3, 0.4) is 0 Å². The second kappa shape index (κ2) is 7.88. The lowest BCUT2D eigenvalue weighted by Gasteiger charge is -2.22. The van der Waals surface area contributed by atoms with E-state index in [2.05, 4.69) is 10.3 Å². The predicted octanol–water partition coefficient (Wildman–Crippen LogP) is 3.51. The molecule has 0 N–H and O–H groups in total. The van der Waals surface area contributed by atoms with E-state index in [4.69, 9.17) is 0 Å². The van der Waals surface area contributed by atoms with Crippen molar-refractivity contribution in [2.45, 2.75) is 44.9 Å². The van der Waals surface area contributed by atoms with Crippen LogP contribution >= 0.6 is 0 Å². The van der Waals surface area contributed by atoms with Crippen molar-refractivity contribution >= 4 is 15.7 Å². The van der Waals surface area contributed by atoms with Gasteiger partial charge in [0, 0.05) is 26.2 Å². The standard InChI is InChI=1S/C16H26N4O2S/c1-4-20(5-2)23(21,22)16-13-15(10-9-14(16)3)17-18-19-11-7-6-8-12-19/h9-10,13H,4-8,11-12H2,1-3H3. The van der Waals surface area contributed by atoms with E-state index in [1.54, 1.807) is 12.1 Å². The largest absolute Gasteiger partial charge is 0.278 e. The summed E-state index contributed by atoms with van der Waals surface area (Å²) in [5.74, 6) is 0. The van der Waals surface area contributed by atoms with Gasteiger partial charge >= 0.3 is 0 Å². The summed E-state index contributed by atoms with van der Waals surface area (Å²) in [7, 11) is -3.48. The van der Waals surface area contributed by atoms with Crippen LogP contribution in [-0.4, -0.2) is 43.9 Å². The van der Waals surface area contributed by atoms with Crippen LogP contribution in [0, 0.1) is 6.92 Å². The first-order valence-corrected chi connectivity index (χ1v) is 9.70. The van der Waals surface area contributed by atoms with Crippen molar-refractivity contribution in [2.24, 2.45) is 10.3 Å². The van der Waals surface area contributed by atoms with Crippen LogP contribution in [0.2, 0.25) is 0 Å². The molecular weight excluding hydrogens is 312 g/mol. The lowest BCUT2D eigenvalue weighted by atomic mass is 10.2. The fraction of sp³-hybridized carbons (Fsp3) is 0.625. The third-order valence-electron chi connectivity index (χ3n) is 4.11. The molecule has 0 aromatic heterocycles. The number of hydrogen-bond donors (Lipinski definition) is 0.